The van der Waals surface area contributed by atoms with Gasteiger partial charge in [0.15, 0.2) is 30.0 Å². The molecule has 0 bridgehead atoms. The maximum absolute atomic E-state index is 11.9. The number of ether oxygens (including phenoxy) is 4. The van der Waals surface area contributed by atoms with Gasteiger partial charge in [0.05, 0.1) is 14.2 Å². The molecule has 0 heterocycles. The van der Waals surface area contributed by atoms with Gasteiger partial charge in [-0.25, -0.2) is 4.79 Å². The third-order valence-electron chi connectivity index (χ3n) is 2.74. The van der Waals surface area contributed by atoms with Crippen LogP contribution in [0.3, 0.4) is 0 Å². The summed E-state index contributed by atoms with van der Waals surface area (Å²) in [6.07, 6.45) is -0.701. The molecule has 1 aromatic rings. The average Bonchev–Trinajstić information content (AvgIpc) is 2.50. The number of carbonyl (C=O) groups is 2. The monoisotopic (exact) mass is 282 g/mol. The predicted molar refractivity (Wildman–Crippen MR) is 71.3 cm³/mol. The summed E-state index contributed by atoms with van der Waals surface area (Å²) in [6, 6.07) is 4.73. The Hall–Kier alpha value is -2.08. The first-order valence-corrected chi connectivity index (χ1v) is 5.98. The summed E-state index contributed by atoms with van der Waals surface area (Å²) in [7, 11) is 4.38. The second-order valence-electron chi connectivity index (χ2n) is 3.98. The summed E-state index contributed by atoms with van der Waals surface area (Å²) in [5.74, 6) is 0.0490. The van der Waals surface area contributed by atoms with Crippen molar-refractivity contribution >= 4 is 11.8 Å². The molecule has 0 aliphatic rings. The molecule has 0 saturated carbocycles. The van der Waals surface area contributed by atoms with Gasteiger partial charge in [-0.15, -0.1) is 0 Å². The van der Waals surface area contributed by atoms with E-state index in [1.165, 1.54) is 27.4 Å². The molecular formula is C14H18O6. The van der Waals surface area contributed by atoms with Crippen LogP contribution in [0.2, 0.25) is 0 Å². The van der Waals surface area contributed by atoms with Gasteiger partial charge in [0, 0.05) is 12.7 Å². The average molecular weight is 282 g/mol. The van der Waals surface area contributed by atoms with E-state index < -0.39 is 12.1 Å². The number of esters is 1. The third-order valence-corrected chi connectivity index (χ3v) is 2.74. The minimum Gasteiger partial charge on any atom is -0.493 e. The normalized spacial score (nSPS) is 11.6. The predicted octanol–water partition coefficient (Wildman–Crippen LogP) is 1.46. The second kappa shape index (κ2) is 7.49. The number of hydrogen-bond donors (Lipinski definition) is 0. The molecule has 0 saturated heterocycles. The van der Waals surface area contributed by atoms with Crippen molar-refractivity contribution in [3.63, 3.8) is 0 Å². The summed E-state index contributed by atoms with van der Waals surface area (Å²) in [4.78, 5) is 23.3. The molecule has 0 aliphatic carbocycles. The standard InChI is InChI=1S/C14H18O6/c1-9(17-2)14(16)20-8-11(15)10-5-6-12(18-3)13(7-10)19-4/h5-7,9H,8H2,1-4H3/t9-/m1/s1. The molecule has 20 heavy (non-hydrogen) atoms. The molecule has 1 rings (SSSR count). The van der Waals surface area contributed by atoms with E-state index in [1.54, 1.807) is 19.1 Å². The number of Topliss-reactive ketones (excluding diaryl/α,β-unsaturated/α-hetero) is 1. The molecule has 0 radical (unpaired) electrons. The first-order valence-electron chi connectivity index (χ1n) is 5.98. The highest BCUT2D eigenvalue weighted by molar-refractivity contribution is 5.98. The minimum absolute atomic E-state index is 0.331. The fourth-order valence-corrected chi connectivity index (χ4v) is 1.44. The van der Waals surface area contributed by atoms with E-state index in [0.717, 1.165) is 0 Å². The number of rotatable bonds is 7. The first kappa shape index (κ1) is 16.0. The molecule has 110 valence electrons. The quantitative estimate of drug-likeness (QED) is 0.557. The van der Waals surface area contributed by atoms with Crippen molar-refractivity contribution in [3.05, 3.63) is 23.8 Å². The van der Waals surface area contributed by atoms with E-state index in [1.807, 2.05) is 0 Å². The van der Waals surface area contributed by atoms with Crippen molar-refractivity contribution in [3.8, 4) is 11.5 Å². The van der Waals surface area contributed by atoms with Gasteiger partial charge in [-0.2, -0.15) is 0 Å². The van der Waals surface area contributed by atoms with Gasteiger partial charge in [0.1, 0.15) is 0 Å². The highest BCUT2D eigenvalue weighted by atomic mass is 16.6. The van der Waals surface area contributed by atoms with Gasteiger partial charge in [-0.3, -0.25) is 4.79 Å². The van der Waals surface area contributed by atoms with Crippen LogP contribution in [0.25, 0.3) is 0 Å². The van der Waals surface area contributed by atoms with Crippen molar-refractivity contribution in [2.45, 2.75) is 13.0 Å². The maximum Gasteiger partial charge on any atom is 0.335 e. The Bertz CT molecular complexity index is 483. The van der Waals surface area contributed by atoms with Gasteiger partial charge < -0.3 is 18.9 Å². The zero-order valence-corrected chi connectivity index (χ0v) is 12.0. The number of methoxy groups -OCH3 is 3. The van der Waals surface area contributed by atoms with Crippen molar-refractivity contribution in [2.75, 3.05) is 27.9 Å². The van der Waals surface area contributed by atoms with E-state index in [2.05, 4.69) is 0 Å². The molecule has 0 fully saturated rings. The summed E-state index contributed by atoms with van der Waals surface area (Å²) >= 11 is 0. The SMILES string of the molecule is COc1ccc(C(=O)COC(=O)[C@@H](C)OC)cc1OC. The first-order chi connectivity index (χ1) is 9.53. The molecule has 6 nitrogen and oxygen atoms in total. The van der Waals surface area contributed by atoms with E-state index in [0.29, 0.717) is 17.1 Å². The van der Waals surface area contributed by atoms with Crippen LogP contribution in [-0.2, 0) is 14.3 Å². The molecule has 6 heteroatoms. The van der Waals surface area contributed by atoms with Crippen LogP contribution in [-0.4, -0.2) is 45.8 Å². The van der Waals surface area contributed by atoms with Gasteiger partial charge in [0.2, 0.25) is 0 Å². The van der Waals surface area contributed by atoms with Crippen molar-refractivity contribution in [1.29, 1.82) is 0 Å². The fourth-order valence-electron chi connectivity index (χ4n) is 1.44. The number of hydrogen-bond acceptors (Lipinski definition) is 6. The van der Waals surface area contributed by atoms with Crippen LogP contribution in [0, 0.1) is 0 Å². The Kier molecular flexibility index (Phi) is 5.99. The van der Waals surface area contributed by atoms with Gasteiger partial charge in [-0.1, -0.05) is 0 Å². The van der Waals surface area contributed by atoms with E-state index in [-0.39, 0.29) is 12.4 Å². The Balaban J connectivity index is 2.71. The molecule has 1 aromatic carbocycles. The zero-order chi connectivity index (χ0) is 15.1. The largest absolute Gasteiger partial charge is 0.493 e. The fraction of sp³-hybridized carbons (Fsp3) is 0.429. The van der Waals surface area contributed by atoms with Crippen LogP contribution in [0.4, 0.5) is 0 Å². The second-order valence-corrected chi connectivity index (χ2v) is 3.98. The van der Waals surface area contributed by atoms with Crippen LogP contribution in [0.1, 0.15) is 17.3 Å². The van der Waals surface area contributed by atoms with Crippen molar-refractivity contribution < 1.29 is 28.5 Å². The summed E-state index contributed by atoms with van der Waals surface area (Å²) < 4.78 is 19.8. The van der Waals surface area contributed by atoms with E-state index >= 15 is 0 Å². The third kappa shape index (κ3) is 3.96. The summed E-state index contributed by atoms with van der Waals surface area (Å²) in [6.45, 7) is 1.20. The Morgan fingerprint density at radius 1 is 1.10 bits per heavy atom. The molecule has 0 N–H and O–H groups in total. The molecular weight excluding hydrogens is 264 g/mol. The van der Waals surface area contributed by atoms with Crippen LogP contribution >= 0.6 is 0 Å². The maximum atomic E-state index is 11.9. The molecule has 0 unspecified atom stereocenters. The highest BCUT2D eigenvalue weighted by Gasteiger charge is 2.16. The molecule has 1 atom stereocenters. The van der Waals surface area contributed by atoms with Gasteiger partial charge in [-0.05, 0) is 25.1 Å². The smallest absolute Gasteiger partial charge is 0.335 e. The lowest BCUT2D eigenvalue weighted by molar-refractivity contribution is -0.153. The topological polar surface area (TPSA) is 71.1 Å². The number of ketones is 1. The van der Waals surface area contributed by atoms with E-state index in [4.69, 9.17) is 18.9 Å². The van der Waals surface area contributed by atoms with Crippen LogP contribution in [0.5, 0.6) is 11.5 Å². The number of benzene rings is 1. The summed E-state index contributed by atoms with van der Waals surface area (Å²) in [5.41, 5.74) is 0.375. The Morgan fingerprint density at radius 2 is 1.75 bits per heavy atom. The van der Waals surface area contributed by atoms with Crippen LogP contribution in [0.15, 0.2) is 18.2 Å². The highest BCUT2D eigenvalue weighted by Crippen LogP contribution is 2.27. The molecule has 0 aromatic heterocycles. The zero-order valence-electron chi connectivity index (χ0n) is 12.0. The lowest BCUT2D eigenvalue weighted by Gasteiger charge is -2.11. The molecule has 0 amide bonds. The van der Waals surface area contributed by atoms with Crippen LogP contribution < -0.4 is 9.47 Å². The summed E-state index contributed by atoms with van der Waals surface area (Å²) in [5, 5.41) is 0. The van der Waals surface area contributed by atoms with Crippen molar-refractivity contribution in [2.24, 2.45) is 0 Å². The molecule has 0 spiro atoms. The van der Waals surface area contributed by atoms with Crippen molar-refractivity contribution in [1.82, 2.24) is 0 Å². The Morgan fingerprint density at radius 3 is 2.30 bits per heavy atom. The van der Waals surface area contributed by atoms with E-state index in [9.17, 15) is 9.59 Å². The minimum atomic E-state index is -0.701. The number of carbonyl (C=O) groups excluding carboxylic acids is 2. The Labute approximate surface area is 117 Å². The van der Waals surface area contributed by atoms with Gasteiger partial charge >= 0.3 is 5.97 Å². The lowest BCUT2D eigenvalue weighted by Crippen LogP contribution is -2.24. The van der Waals surface area contributed by atoms with Gasteiger partial charge in [0.25, 0.3) is 0 Å². The lowest BCUT2D eigenvalue weighted by atomic mass is 10.1. The molecule has 0 aliphatic heterocycles.